The maximum atomic E-state index is 11.4. The minimum Gasteiger partial charge on any atom is -0.497 e. The predicted octanol–water partition coefficient (Wildman–Crippen LogP) is 3.79. The Hall–Kier alpha value is -2.01. The number of hydrogen-bond acceptors (Lipinski definition) is 3. The lowest BCUT2D eigenvalue weighted by molar-refractivity contribution is 0.0697. The van der Waals surface area contributed by atoms with Crippen LogP contribution < -0.4 is 9.64 Å². The standard InChI is InChI=1S/C16H16BrNO3/c1-18(10-11-4-3-5-13(8-11)21-2)15-7-6-12(17)9-14(15)16(19)20/h3-9H,10H2,1-2H3,(H,19,20). The number of carboxylic acid groups (broad SMARTS) is 1. The van der Waals surface area contributed by atoms with E-state index in [1.54, 1.807) is 19.2 Å². The van der Waals surface area contributed by atoms with Crippen molar-refractivity contribution in [2.75, 3.05) is 19.1 Å². The first-order chi connectivity index (χ1) is 10.0. The highest BCUT2D eigenvalue weighted by Crippen LogP contribution is 2.25. The van der Waals surface area contributed by atoms with Crippen LogP contribution in [0.3, 0.4) is 0 Å². The van der Waals surface area contributed by atoms with Crippen LogP contribution in [0.4, 0.5) is 5.69 Å². The summed E-state index contributed by atoms with van der Waals surface area (Å²) in [6.07, 6.45) is 0. The number of ether oxygens (including phenoxy) is 1. The Kier molecular flexibility index (Phi) is 4.85. The molecule has 21 heavy (non-hydrogen) atoms. The molecule has 0 saturated heterocycles. The third-order valence-electron chi connectivity index (χ3n) is 3.15. The van der Waals surface area contributed by atoms with Crippen molar-refractivity contribution in [1.82, 2.24) is 0 Å². The molecule has 0 amide bonds. The average molecular weight is 350 g/mol. The van der Waals surface area contributed by atoms with Crippen molar-refractivity contribution in [2.45, 2.75) is 6.54 Å². The van der Waals surface area contributed by atoms with Crippen LogP contribution in [0.2, 0.25) is 0 Å². The summed E-state index contributed by atoms with van der Waals surface area (Å²) in [5, 5.41) is 9.32. The van der Waals surface area contributed by atoms with Gasteiger partial charge in [0, 0.05) is 18.1 Å². The zero-order valence-electron chi connectivity index (χ0n) is 11.8. The van der Waals surface area contributed by atoms with Gasteiger partial charge in [0.05, 0.1) is 18.4 Å². The zero-order valence-corrected chi connectivity index (χ0v) is 13.4. The molecule has 0 aliphatic rings. The van der Waals surface area contributed by atoms with Crippen LogP contribution in [0.15, 0.2) is 46.9 Å². The van der Waals surface area contributed by atoms with Gasteiger partial charge in [-0.05, 0) is 35.9 Å². The highest BCUT2D eigenvalue weighted by molar-refractivity contribution is 9.10. The van der Waals surface area contributed by atoms with E-state index in [2.05, 4.69) is 15.9 Å². The number of benzene rings is 2. The number of nitrogens with zero attached hydrogens (tertiary/aromatic N) is 1. The summed E-state index contributed by atoms with van der Waals surface area (Å²) in [5.41, 5.74) is 2.00. The first-order valence-electron chi connectivity index (χ1n) is 6.38. The van der Waals surface area contributed by atoms with Gasteiger partial charge in [-0.2, -0.15) is 0 Å². The normalized spacial score (nSPS) is 10.2. The Morgan fingerprint density at radius 2 is 2.05 bits per heavy atom. The Morgan fingerprint density at radius 3 is 2.71 bits per heavy atom. The van der Waals surface area contributed by atoms with E-state index < -0.39 is 5.97 Å². The van der Waals surface area contributed by atoms with E-state index in [1.165, 1.54) is 0 Å². The third kappa shape index (κ3) is 3.76. The number of carboxylic acids is 1. The molecule has 0 aliphatic heterocycles. The molecule has 0 aromatic heterocycles. The predicted molar refractivity (Wildman–Crippen MR) is 86.2 cm³/mol. The lowest BCUT2D eigenvalue weighted by Gasteiger charge is -2.21. The van der Waals surface area contributed by atoms with E-state index in [4.69, 9.17) is 4.74 Å². The molecule has 0 radical (unpaired) electrons. The van der Waals surface area contributed by atoms with Crippen molar-refractivity contribution in [3.63, 3.8) is 0 Å². The summed E-state index contributed by atoms with van der Waals surface area (Å²) in [4.78, 5) is 13.3. The molecule has 0 fully saturated rings. The fraction of sp³-hybridized carbons (Fsp3) is 0.188. The Morgan fingerprint density at radius 1 is 1.29 bits per heavy atom. The van der Waals surface area contributed by atoms with Gasteiger partial charge in [-0.15, -0.1) is 0 Å². The van der Waals surface area contributed by atoms with E-state index in [0.29, 0.717) is 12.2 Å². The van der Waals surface area contributed by atoms with E-state index in [0.717, 1.165) is 15.8 Å². The van der Waals surface area contributed by atoms with Crippen molar-refractivity contribution in [1.29, 1.82) is 0 Å². The molecule has 110 valence electrons. The number of hydrogen-bond donors (Lipinski definition) is 1. The first-order valence-corrected chi connectivity index (χ1v) is 7.17. The molecule has 2 aromatic carbocycles. The van der Waals surface area contributed by atoms with Gasteiger partial charge in [-0.25, -0.2) is 4.79 Å². The molecule has 0 saturated carbocycles. The van der Waals surface area contributed by atoms with Crippen LogP contribution in [0.5, 0.6) is 5.75 Å². The van der Waals surface area contributed by atoms with Crippen molar-refractivity contribution >= 4 is 27.6 Å². The molecule has 0 atom stereocenters. The molecule has 0 heterocycles. The van der Waals surface area contributed by atoms with Gasteiger partial charge < -0.3 is 14.7 Å². The van der Waals surface area contributed by atoms with Gasteiger partial charge in [0.1, 0.15) is 5.75 Å². The minimum absolute atomic E-state index is 0.273. The van der Waals surface area contributed by atoms with Gasteiger partial charge in [0.2, 0.25) is 0 Å². The number of methoxy groups -OCH3 is 1. The SMILES string of the molecule is COc1cccc(CN(C)c2ccc(Br)cc2C(=O)O)c1. The summed E-state index contributed by atoms with van der Waals surface area (Å²) in [6.45, 7) is 0.596. The van der Waals surface area contributed by atoms with Gasteiger partial charge in [0.25, 0.3) is 0 Å². The van der Waals surface area contributed by atoms with Gasteiger partial charge in [0.15, 0.2) is 0 Å². The quantitative estimate of drug-likeness (QED) is 0.891. The zero-order chi connectivity index (χ0) is 15.4. The Bertz CT molecular complexity index is 658. The van der Waals surface area contributed by atoms with Gasteiger partial charge >= 0.3 is 5.97 Å². The van der Waals surface area contributed by atoms with Crippen molar-refractivity contribution in [3.05, 3.63) is 58.1 Å². The van der Waals surface area contributed by atoms with Gasteiger partial charge in [-0.3, -0.25) is 0 Å². The van der Waals surface area contributed by atoms with Crippen LogP contribution in [0.25, 0.3) is 0 Å². The molecule has 2 aromatic rings. The molecule has 0 bridgehead atoms. The van der Waals surface area contributed by atoms with Crippen LogP contribution in [-0.2, 0) is 6.54 Å². The molecular weight excluding hydrogens is 334 g/mol. The summed E-state index contributed by atoms with van der Waals surface area (Å²) in [6, 6.07) is 13.0. The summed E-state index contributed by atoms with van der Waals surface area (Å²) < 4.78 is 5.95. The van der Waals surface area contributed by atoms with Crippen molar-refractivity contribution in [3.8, 4) is 5.75 Å². The highest BCUT2D eigenvalue weighted by atomic mass is 79.9. The largest absolute Gasteiger partial charge is 0.497 e. The Labute approximate surface area is 132 Å². The van der Waals surface area contributed by atoms with Crippen LogP contribution >= 0.6 is 15.9 Å². The fourth-order valence-electron chi connectivity index (χ4n) is 2.14. The molecular formula is C16H16BrNO3. The number of halogens is 1. The second-order valence-electron chi connectivity index (χ2n) is 4.67. The summed E-state index contributed by atoms with van der Waals surface area (Å²) >= 11 is 3.30. The minimum atomic E-state index is -0.941. The third-order valence-corrected chi connectivity index (χ3v) is 3.65. The average Bonchev–Trinajstić information content (AvgIpc) is 2.47. The van der Waals surface area contributed by atoms with E-state index >= 15 is 0 Å². The number of carbonyl (C=O) groups is 1. The molecule has 0 aliphatic carbocycles. The monoisotopic (exact) mass is 349 g/mol. The summed E-state index contributed by atoms with van der Waals surface area (Å²) in [5.74, 6) is -0.154. The molecule has 0 unspecified atom stereocenters. The van der Waals surface area contributed by atoms with E-state index in [-0.39, 0.29) is 5.56 Å². The molecule has 0 spiro atoms. The topological polar surface area (TPSA) is 49.8 Å². The smallest absolute Gasteiger partial charge is 0.337 e. The van der Waals surface area contributed by atoms with Crippen molar-refractivity contribution in [2.24, 2.45) is 0 Å². The Balaban J connectivity index is 2.27. The molecule has 1 N–H and O–H groups in total. The lowest BCUT2D eigenvalue weighted by atomic mass is 10.1. The molecule has 4 nitrogen and oxygen atoms in total. The van der Waals surface area contributed by atoms with Crippen LogP contribution in [0, 0.1) is 0 Å². The van der Waals surface area contributed by atoms with E-state index in [1.807, 2.05) is 42.3 Å². The van der Waals surface area contributed by atoms with Crippen molar-refractivity contribution < 1.29 is 14.6 Å². The van der Waals surface area contributed by atoms with E-state index in [9.17, 15) is 9.90 Å². The maximum absolute atomic E-state index is 11.4. The number of aromatic carboxylic acids is 1. The molecule has 5 heteroatoms. The van der Waals surface area contributed by atoms with Crippen LogP contribution in [0.1, 0.15) is 15.9 Å². The second kappa shape index (κ2) is 6.63. The fourth-order valence-corrected chi connectivity index (χ4v) is 2.50. The lowest BCUT2D eigenvalue weighted by Crippen LogP contribution is -2.19. The van der Waals surface area contributed by atoms with Gasteiger partial charge in [-0.1, -0.05) is 28.1 Å². The second-order valence-corrected chi connectivity index (χ2v) is 5.59. The number of rotatable bonds is 5. The highest BCUT2D eigenvalue weighted by Gasteiger charge is 2.14. The van der Waals surface area contributed by atoms with Crippen LogP contribution in [-0.4, -0.2) is 25.2 Å². The number of anilines is 1. The summed E-state index contributed by atoms with van der Waals surface area (Å²) in [7, 11) is 3.50. The maximum Gasteiger partial charge on any atom is 0.337 e. The molecule has 2 rings (SSSR count). The first kappa shape index (κ1) is 15.4.